The number of carbonyl (C=O) groups is 3. The van der Waals surface area contributed by atoms with Crippen LogP contribution in [0.25, 0.3) is 0 Å². The van der Waals surface area contributed by atoms with Gasteiger partial charge in [0.2, 0.25) is 11.8 Å². The van der Waals surface area contributed by atoms with Gasteiger partial charge in [-0.15, -0.1) is 0 Å². The van der Waals surface area contributed by atoms with E-state index in [0.717, 1.165) is 0 Å². The molecule has 0 aromatic carbocycles. The zero-order chi connectivity index (χ0) is 23.6. The lowest BCUT2D eigenvalue weighted by molar-refractivity contribution is -0.125. The lowest BCUT2D eigenvalue weighted by Gasteiger charge is -2.29. The van der Waals surface area contributed by atoms with Crippen molar-refractivity contribution in [3.63, 3.8) is 0 Å². The molecule has 0 aliphatic heterocycles. The van der Waals surface area contributed by atoms with Crippen molar-refractivity contribution in [1.29, 1.82) is 0 Å². The fourth-order valence-corrected chi connectivity index (χ4v) is 2.79. The van der Waals surface area contributed by atoms with Crippen molar-refractivity contribution in [2.75, 3.05) is 13.2 Å². The lowest BCUT2D eigenvalue weighted by Crippen LogP contribution is -2.59. The van der Waals surface area contributed by atoms with Crippen molar-refractivity contribution in [3.05, 3.63) is 0 Å². The third-order valence-corrected chi connectivity index (χ3v) is 5.13. The van der Waals surface area contributed by atoms with Gasteiger partial charge in [-0.25, -0.2) is 4.79 Å². The molecule has 0 rings (SSSR count). The number of rotatable bonds is 12. The van der Waals surface area contributed by atoms with Gasteiger partial charge in [-0.2, -0.15) is 0 Å². The van der Waals surface area contributed by atoms with E-state index < -0.39 is 42.0 Å². The molecule has 30 heavy (non-hydrogen) atoms. The predicted molar refractivity (Wildman–Crippen MR) is 117 cm³/mol. The summed E-state index contributed by atoms with van der Waals surface area (Å²) >= 11 is 0. The van der Waals surface area contributed by atoms with Crippen molar-refractivity contribution < 1.29 is 24.6 Å². The summed E-state index contributed by atoms with van der Waals surface area (Å²) in [7, 11) is 0. The normalized spacial score (nSPS) is 15.7. The molecule has 0 aromatic heterocycles. The molecule has 0 bridgehead atoms. The highest BCUT2D eigenvalue weighted by molar-refractivity contribution is 5.90. The smallest absolute Gasteiger partial charge is 0.316 e. The molecule has 0 aliphatic carbocycles. The minimum absolute atomic E-state index is 0.0371. The SMILES string of the molecule is CC(C)[C@@H](CO)NC(=O)[C@H](NC(=O)N[C@@H](C(=O)N[C@H](CO)C(C)C)C(C)C)C(C)C. The molecule has 0 saturated carbocycles. The Balaban J connectivity index is 5.17. The van der Waals surface area contributed by atoms with Gasteiger partial charge in [-0.3, -0.25) is 9.59 Å². The first-order chi connectivity index (χ1) is 13.8. The molecule has 4 atom stereocenters. The van der Waals surface area contributed by atoms with E-state index in [1.165, 1.54) is 0 Å². The summed E-state index contributed by atoms with van der Waals surface area (Å²) in [6, 6.07) is -3.11. The topological polar surface area (TPSA) is 140 Å². The maximum Gasteiger partial charge on any atom is 0.316 e. The Labute approximate surface area is 180 Å². The van der Waals surface area contributed by atoms with Gasteiger partial charge in [0, 0.05) is 0 Å². The molecule has 0 heterocycles. The summed E-state index contributed by atoms with van der Waals surface area (Å²) in [5.74, 6) is -1.11. The molecule has 0 spiro atoms. The molecular weight excluding hydrogens is 388 g/mol. The molecule has 0 aliphatic rings. The van der Waals surface area contributed by atoms with Crippen LogP contribution in [0.1, 0.15) is 55.4 Å². The summed E-state index contributed by atoms with van der Waals surface area (Å²) in [6.07, 6.45) is 0. The zero-order valence-corrected chi connectivity index (χ0v) is 19.7. The number of hydrogen-bond acceptors (Lipinski definition) is 5. The Morgan fingerprint density at radius 3 is 1.07 bits per heavy atom. The summed E-state index contributed by atoms with van der Waals surface area (Å²) in [5, 5.41) is 29.7. The molecule has 9 heteroatoms. The Hall–Kier alpha value is -1.87. The molecule has 0 saturated heterocycles. The van der Waals surface area contributed by atoms with Crippen LogP contribution in [0.15, 0.2) is 0 Å². The van der Waals surface area contributed by atoms with Gasteiger partial charge in [0.1, 0.15) is 12.1 Å². The molecule has 0 fully saturated rings. The molecule has 0 radical (unpaired) electrons. The number of hydrogen-bond donors (Lipinski definition) is 6. The predicted octanol–water partition coefficient (Wildman–Crippen LogP) is 0.601. The first kappa shape index (κ1) is 28.1. The fourth-order valence-electron chi connectivity index (χ4n) is 2.79. The molecule has 6 N–H and O–H groups in total. The summed E-state index contributed by atoms with van der Waals surface area (Å²) in [5.41, 5.74) is 0. The summed E-state index contributed by atoms with van der Waals surface area (Å²) in [4.78, 5) is 37.8. The Bertz CT molecular complexity index is 506. The van der Waals surface area contributed by atoms with Gasteiger partial charge in [-0.1, -0.05) is 55.4 Å². The van der Waals surface area contributed by atoms with Crippen LogP contribution in [0.5, 0.6) is 0 Å². The van der Waals surface area contributed by atoms with E-state index in [0.29, 0.717) is 0 Å². The molecular formula is C21H42N4O5. The second-order valence-corrected chi connectivity index (χ2v) is 9.14. The molecule has 0 unspecified atom stereocenters. The van der Waals surface area contributed by atoms with Crippen molar-refractivity contribution in [2.24, 2.45) is 23.7 Å². The van der Waals surface area contributed by atoms with Crippen molar-refractivity contribution in [3.8, 4) is 0 Å². The molecule has 4 amide bonds. The van der Waals surface area contributed by atoms with Gasteiger partial charge >= 0.3 is 6.03 Å². The van der Waals surface area contributed by atoms with Crippen LogP contribution in [-0.4, -0.2) is 65.4 Å². The number of amides is 4. The highest BCUT2D eigenvalue weighted by atomic mass is 16.3. The second-order valence-electron chi connectivity index (χ2n) is 9.14. The van der Waals surface area contributed by atoms with Crippen molar-refractivity contribution in [1.82, 2.24) is 21.3 Å². The number of aliphatic hydroxyl groups is 2. The van der Waals surface area contributed by atoms with Gasteiger partial charge < -0.3 is 31.5 Å². The summed E-state index contributed by atoms with van der Waals surface area (Å²) in [6.45, 7) is 14.3. The Morgan fingerprint density at radius 1 is 0.567 bits per heavy atom. The minimum Gasteiger partial charge on any atom is -0.394 e. The van der Waals surface area contributed by atoms with Crippen LogP contribution < -0.4 is 21.3 Å². The second kappa shape index (κ2) is 13.4. The van der Waals surface area contributed by atoms with Crippen LogP contribution in [0.3, 0.4) is 0 Å². The van der Waals surface area contributed by atoms with E-state index in [2.05, 4.69) is 21.3 Å². The van der Waals surface area contributed by atoms with Crippen LogP contribution >= 0.6 is 0 Å². The van der Waals surface area contributed by atoms with E-state index in [1.807, 2.05) is 27.7 Å². The van der Waals surface area contributed by atoms with Gasteiger partial charge in [0.05, 0.1) is 25.3 Å². The Kier molecular flexibility index (Phi) is 12.6. The average Bonchev–Trinajstić information content (AvgIpc) is 2.64. The number of nitrogens with one attached hydrogen (secondary N) is 4. The average molecular weight is 431 g/mol. The van der Waals surface area contributed by atoms with E-state index in [9.17, 15) is 24.6 Å². The van der Waals surface area contributed by atoms with Gasteiger partial charge in [-0.05, 0) is 23.7 Å². The van der Waals surface area contributed by atoms with Crippen LogP contribution in [0, 0.1) is 23.7 Å². The van der Waals surface area contributed by atoms with Gasteiger partial charge in [0.25, 0.3) is 0 Å². The standard InChI is InChI=1S/C21H42N4O5/c1-11(2)15(9-26)22-19(28)17(13(5)6)24-21(30)25-18(14(7)8)20(29)23-16(10-27)12(3)4/h11-18,26-27H,9-10H2,1-8H3,(H,22,28)(H,23,29)(H2,24,25,30)/t15-,16-,17-,18-/m1/s1. The zero-order valence-electron chi connectivity index (χ0n) is 19.7. The highest BCUT2D eigenvalue weighted by Gasteiger charge is 2.30. The third-order valence-electron chi connectivity index (χ3n) is 5.13. The maximum atomic E-state index is 12.6. The van der Waals surface area contributed by atoms with E-state index in [-0.39, 0.29) is 36.9 Å². The van der Waals surface area contributed by atoms with E-state index in [4.69, 9.17) is 0 Å². The van der Waals surface area contributed by atoms with Gasteiger partial charge in [0.15, 0.2) is 0 Å². The van der Waals surface area contributed by atoms with Crippen LogP contribution in [0.4, 0.5) is 4.79 Å². The first-order valence-electron chi connectivity index (χ1n) is 10.7. The van der Waals surface area contributed by atoms with Crippen LogP contribution in [-0.2, 0) is 9.59 Å². The van der Waals surface area contributed by atoms with Crippen LogP contribution in [0.2, 0.25) is 0 Å². The minimum atomic E-state index is -0.825. The van der Waals surface area contributed by atoms with E-state index in [1.54, 1.807) is 27.7 Å². The molecule has 176 valence electrons. The molecule has 9 nitrogen and oxygen atoms in total. The number of urea groups is 1. The highest BCUT2D eigenvalue weighted by Crippen LogP contribution is 2.08. The third kappa shape index (κ3) is 9.30. The lowest BCUT2D eigenvalue weighted by atomic mass is 10.00. The molecule has 0 aromatic rings. The van der Waals surface area contributed by atoms with E-state index >= 15 is 0 Å². The monoisotopic (exact) mass is 430 g/mol. The fraction of sp³-hybridized carbons (Fsp3) is 0.857. The first-order valence-corrected chi connectivity index (χ1v) is 10.7. The Morgan fingerprint density at radius 2 is 0.867 bits per heavy atom. The summed E-state index contributed by atoms with van der Waals surface area (Å²) < 4.78 is 0. The quantitative estimate of drug-likeness (QED) is 0.269. The van der Waals surface area contributed by atoms with Crippen molar-refractivity contribution >= 4 is 17.8 Å². The number of aliphatic hydroxyl groups excluding tert-OH is 2. The van der Waals surface area contributed by atoms with Crippen molar-refractivity contribution in [2.45, 2.75) is 79.6 Å². The maximum absolute atomic E-state index is 12.6. The largest absolute Gasteiger partial charge is 0.394 e. The number of carbonyl (C=O) groups excluding carboxylic acids is 3.